The van der Waals surface area contributed by atoms with Gasteiger partial charge in [-0.1, -0.05) is 105 Å². The Morgan fingerprint density at radius 3 is 1.46 bits per heavy atom. The highest BCUT2D eigenvalue weighted by Gasteiger charge is 2.55. The average molecular weight is 575 g/mol. The Bertz CT molecular complexity index is 832. The van der Waals surface area contributed by atoms with Gasteiger partial charge in [-0.25, -0.2) is 0 Å². The summed E-state index contributed by atoms with van der Waals surface area (Å²) in [5.41, 5.74) is 0.577. The molecule has 5 nitrogen and oxygen atoms in total. The number of rotatable bonds is 9. The van der Waals surface area contributed by atoms with Gasteiger partial charge in [0.1, 0.15) is 0 Å². The number of carbonyl (C=O) groups is 2. The van der Waals surface area contributed by atoms with Crippen LogP contribution in [-0.2, 0) is 14.3 Å². The second kappa shape index (κ2) is 14.6. The van der Waals surface area contributed by atoms with Crippen molar-refractivity contribution in [2.24, 2.45) is 58.2 Å². The molecule has 236 valence electrons. The Morgan fingerprint density at radius 2 is 1.12 bits per heavy atom. The minimum Gasteiger partial charge on any atom is -0.481 e. The monoisotopic (exact) mass is 574 g/mol. The van der Waals surface area contributed by atoms with Crippen LogP contribution in [0.2, 0.25) is 0 Å². The quantitative estimate of drug-likeness (QED) is 0.269. The fraction of sp³-hybridized carbons (Fsp3) is 0.944. The van der Waals surface area contributed by atoms with Gasteiger partial charge >= 0.3 is 11.9 Å². The summed E-state index contributed by atoms with van der Waals surface area (Å²) in [6, 6.07) is 0. The SMILES string of the molecule is C[C@H](C1CCCCC1)[C@@H]1C[C@@]1(C)CO.C[C@H](C1CCCCC1)[C@@H]1C[C@@]1(C)COC(=O)C1CCC1.O=C(O)C1CCC1. The average Bonchev–Trinajstić information content (AvgIpc) is 3.80. The van der Waals surface area contributed by atoms with Gasteiger partial charge in [0.2, 0.25) is 0 Å². The molecule has 0 aromatic carbocycles. The van der Waals surface area contributed by atoms with Crippen LogP contribution < -0.4 is 0 Å². The van der Waals surface area contributed by atoms with Gasteiger partial charge in [0.25, 0.3) is 0 Å². The van der Waals surface area contributed by atoms with E-state index in [4.69, 9.17) is 9.84 Å². The summed E-state index contributed by atoms with van der Waals surface area (Å²) in [6.45, 7) is 10.5. The Kier molecular flexibility index (Phi) is 11.7. The third kappa shape index (κ3) is 8.73. The van der Waals surface area contributed by atoms with E-state index >= 15 is 0 Å². The minimum atomic E-state index is -0.619. The lowest BCUT2D eigenvalue weighted by molar-refractivity contribution is -0.153. The zero-order valence-electron chi connectivity index (χ0n) is 26.9. The summed E-state index contributed by atoms with van der Waals surface area (Å²) < 4.78 is 5.60. The minimum absolute atomic E-state index is 0.000000000000000444. The van der Waals surface area contributed by atoms with Crippen LogP contribution in [0.5, 0.6) is 0 Å². The zero-order chi connectivity index (χ0) is 29.6. The molecule has 6 atom stereocenters. The number of hydrogen-bond acceptors (Lipinski definition) is 4. The standard InChI is InChI=1S/C18H30O2.C13H24O.C5H8O2/c1-13(14-7-4-3-5-8-14)16-11-18(16,2)12-20-17(19)15-9-6-10-15;1-10(11-6-4-3-5-7-11)12-8-13(12,2)9-14;6-5(7)4-2-1-3-4/h13-16H,3-12H2,1-2H3;10-12,14H,3-9H2,1-2H3;4H,1-3H2,(H,6,7)/t13-,16+,18+;10-,12+,13+;/m11./s1. The first kappa shape index (κ1) is 32.8. The van der Waals surface area contributed by atoms with E-state index in [1.54, 1.807) is 0 Å². The van der Waals surface area contributed by atoms with Crippen LogP contribution in [0.25, 0.3) is 0 Å². The maximum atomic E-state index is 11.9. The van der Waals surface area contributed by atoms with Crippen molar-refractivity contribution in [2.75, 3.05) is 13.2 Å². The van der Waals surface area contributed by atoms with E-state index in [-0.39, 0.29) is 28.6 Å². The second-order valence-electron chi connectivity index (χ2n) is 15.8. The molecule has 6 saturated carbocycles. The van der Waals surface area contributed by atoms with E-state index < -0.39 is 5.97 Å². The van der Waals surface area contributed by atoms with E-state index in [9.17, 15) is 14.7 Å². The number of aliphatic hydroxyl groups excluding tert-OH is 1. The van der Waals surface area contributed by atoms with E-state index in [0.29, 0.717) is 13.2 Å². The lowest BCUT2D eigenvalue weighted by Gasteiger charge is -2.29. The maximum absolute atomic E-state index is 11.9. The van der Waals surface area contributed by atoms with Crippen LogP contribution in [-0.4, -0.2) is 35.4 Å². The molecule has 5 heteroatoms. The largest absolute Gasteiger partial charge is 0.481 e. The number of ether oxygens (including phenoxy) is 1. The maximum Gasteiger partial charge on any atom is 0.308 e. The number of carbonyl (C=O) groups excluding carboxylic acids is 1. The van der Waals surface area contributed by atoms with Crippen LogP contribution in [0.4, 0.5) is 0 Å². The summed E-state index contributed by atoms with van der Waals surface area (Å²) >= 11 is 0. The molecule has 6 aliphatic carbocycles. The first-order chi connectivity index (χ1) is 19.6. The molecule has 0 spiro atoms. The van der Waals surface area contributed by atoms with Gasteiger partial charge in [0, 0.05) is 12.0 Å². The number of esters is 1. The number of hydrogen-bond donors (Lipinski definition) is 2. The summed E-state index contributed by atoms with van der Waals surface area (Å²) in [5.74, 6) is 4.86. The fourth-order valence-corrected chi connectivity index (χ4v) is 8.51. The van der Waals surface area contributed by atoms with Crippen LogP contribution in [0.15, 0.2) is 0 Å². The van der Waals surface area contributed by atoms with Gasteiger partial charge in [0.15, 0.2) is 0 Å². The Hall–Kier alpha value is -1.10. The molecule has 0 amide bonds. The van der Waals surface area contributed by atoms with Crippen LogP contribution in [0.1, 0.15) is 143 Å². The zero-order valence-corrected chi connectivity index (χ0v) is 26.9. The molecule has 0 bridgehead atoms. The fourth-order valence-electron chi connectivity index (χ4n) is 8.51. The predicted molar refractivity (Wildman–Crippen MR) is 164 cm³/mol. The van der Waals surface area contributed by atoms with E-state index in [0.717, 1.165) is 67.6 Å². The summed E-state index contributed by atoms with van der Waals surface area (Å²) in [5, 5.41) is 17.5. The van der Waals surface area contributed by atoms with Crippen molar-refractivity contribution in [3.63, 3.8) is 0 Å². The van der Waals surface area contributed by atoms with Crippen molar-refractivity contribution in [2.45, 2.75) is 143 Å². The number of carboxylic acid groups (broad SMARTS) is 1. The molecule has 6 rings (SSSR count). The molecule has 0 aliphatic heterocycles. The third-order valence-corrected chi connectivity index (χ3v) is 12.7. The van der Waals surface area contributed by atoms with Crippen LogP contribution in [0.3, 0.4) is 0 Å². The van der Waals surface area contributed by atoms with Gasteiger partial charge in [-0.2, -0.15) is 0 Å². The van der Waals surface area contributed by atoms with Gasteiger partial charge in [-0.15, -0.1) is 0 Å². The number of carboxylic acids is 1. The molecule has 0 aromatic rings. The smallest absolute Gasteiger partial charge is 0.308 e. The molecule has 2 N–H and O–H groups in total. The summed E-state index contributed by atoms with van der Waals surface area (Å²) in [4.78, 5) is 21.8. The van der Waals surface area contributed by atoms with Gasteiger partial charge < -0.3 is 14.9 Å². The van der Waals surface area contributed by atoms with E-state index in [1.165, 1.54) is 83.5 Å². The van der Waals surface area contributed by atoms with Crippen molar-refractivity contribution < 1.29 is 24.5 Å². The van der Waals surface area contributed by atoms with Crippen molar-refractivity contribution >= 4 is 11.9 Å². The highest BCUT2D eigenvalue weighted by Crippen LogP contribution is 2.60. The Morgan fingerprint density at radius 1 is 0.683 bits per heavy atom. The molecule has 0 aromatic heterocycles. The summed E-state index contributed by atoms with van der Waals surface area (Å²) in [7, 11) is 0. The molecule has 6 aliphatic rings. The van der Waals surface area contributed by atoms with Crippen molar-refractivity contribution in [3.8, 4) is 0 Å². The predicted octanol–water partition coefficient (Wildman–Crippen LogP) is 8.66. The van der Waals surface area contributed by atoms with Crippen molar-refractivity contribution in [1.29, 1.82) is 0 Å². The van der Waals surface area contributed by atoms with Crippen LogP contribution >= 0.6 is 0 Å². The molecule has 6 fully saturated rings. The van der Waals surface area contributed by atoms with Gasteiger partial charge in [0.05, 0.1) is 18.4 Å². The number of aliphatic hydroxyl groups is 1. The van der Waals surface area contributed by atoms with Gasteiger partial charge in [-0.3, -0.25) is 9.59 Å². The molecule has 0 heterocycles. The Labute approximate surface area is 251 Å². The number of aliphatic carboxylic acids is 1. The first-order valence-corrected chi connectivity index (χ1v) is 17.6. The lowest BCUT2D eigenvalue weighted by Crippen LogP contribution is -2.27. The normalized spacial score (nSPS) is 35.2. The van der Waals surface area contributed by atoms with Crippen LogP contribution in [0, 0.1) is 58.2 Å². The topological polar surface area (TPSA) is 83.8 Å². The second-order valence-corrected chi connectivity index (χ2v) is 15.8. The summed E-state index contributed by atoms with van der Waals surface area (Å²) in [6.07, 6.45) is 23.1. The third-order valence-electron chi connectivity index (χ3n) is 12.7. The first-order valence-electron chi connectivity index (χ1n) is 17.6. The highest BCUT2D eigenvalue weighted by atomic mass is 16.5. The molecule has 0 saturated heterocycles. The van der Waals surface area contributed by atoms with E-state index in [2.05, 4.69) is 27.7 Å². The molecule has 0 unspecified atom stereocenters. The van der Waals surface area contributed by atoms with Crippen molar-refractivity contribution in [1.82, 2.24) is 0 Å². The Balaban J connectivity index is 0.000000159. The highest BCUT2D eigenvalue weighted by molar-refractivity contribution is 5.73. The molecule has 41 heavy (non-hydrogen) atoms. The molecular weight excluding hydrogens is 512 g/mol. The van der Waals surface area contributed by atoms with Gasteiger partial charge in [-0.05, 0) is 79.4 Å². The molecular formula is C36H62O5. The van der Waals surface area contributed by atoms with E-state index in [1.807, 2.05) is 0 Å². The van der Waals surface area contributed by atoms with Crippen molar-refractivity contribution in [3.05, 3.63) is 0 Å². The molecule has 0 radical (unpaired) electrons. The lowest BCUT2D eigenvalue weighted by atomic mass is 9.77.